The maximum absolute atomic E-state index is 5.62. The third kappa shape index (κ3) is 3.54. The molecule has 6 heteroatoms. The number of fused-ring (bicyclic) bond motifs is 1. The minimum atomic E-state index is 0.563. The van der Waals surface area contributed by atoms with Gasteiger partial charge >= 0.3 is 0 Å². The standard InChI is InChI=1S/C20H20N4O2/c1-13-3-5-16(14(2)9-13)24-20-11-19(21-12-22-20)23-15-4-6-17-18(10-15)26-8-7-25-17/h3-6,9-12H,7-8H2,1-2H3,(H2,21,22,23,24). The van der Waals surface area contributed by atoms with E-state index in [-0.39, 0.29) is 0 Å². The molecule has 6 nitrogen and oxygen atoms in total. The Morgan fingerprint density at radius 1 is 0.808 bits per heavy atom. The van der Waals surface area contributed by atoms with Gasteiger partial charge in [-0.25, -0.2) is 9.97 Å². The summed E-state index contributed by atoms with van der Waals surface area (Å²) in [5, 5.41) is 6.62. The average Bonchev–Trinajstić information content (AvgIpc) is 2.64. The van der Waals surface area contributed by atoms with Crippen LogP contribution >= 0.6 is 0 Å². The second-order valence-corrected chi connectivity index (χ2v) is 6.22. The summed E-state index contributed by atoms with van der Waals surface area (Å²) in [6.45, 7) is 5.30. The molecule has 0 unspecified atom stereocenters. The molecule has 4 rings (SSSR count). The molecule has 0 atom stereocenters. The second-order valence-electron chi connectivity index (χ2n) is 6.22. The Morgan fingerprint density at radius 2 is 1.58 bits per heavy atom. The number of nitrogens with zero attached hydrogens (tertiary/aromatic N) is 2. The summed E-state index contributed by atoms with van der Waals surface area (Å²) >= 11 is 0. The minimum Gasteiger partial charge on any atom is -0.486 e. The molecule has 2 aromatic carbocycles. The second kappa shape index (κ2) is 6.92. The third-order valence-electron chi connectivity index (χ3n) is 4.13. The monoisotopic (exact) mass is 348 g/mol. The molecule has 0 bridgehead atoms. The number of rotatable bonds is 4. The number of anilines is 4. The molecule has 0 aliphatic carbocycles. The quantitative estimate of drug-likeness (QED) is 0.730. The number of benzene rings is 2. The Kier molecular flexibility index (Phi) is 4.31. The van der Waals surface area contributed by atoms with Gasteiger partial charge in [0.15, 0.2) is 11.5 Å². The fourth-order valence-electron chi connectivity index (χ4n) is 2.85. The van der Waals surface area contributed by atoms with Gasteiger partial charge in [-0.15, -0.1) is 0 Å². The van der Waals surface area contributed by atoms with Crippen LogP contribution in [0.5, 0.6) is 11.5 Å². The van der Waals surface area contributed by atoms with Gasteiger partial charge in [0.25, 0.3) is 0 Å². The SMILES string of the molecule is Cc1ccc(Nc2cc(Nc3ccc4c(c3)OCCO4)ncn2)c(C)c1. The van der Waals surface area contributed by atoms with Gasteiger partial charge in [0.1, 0.15) is 31.2 Å². The van der Waals surface area contributed by atoms with Crippen molar-refractivity contribution in [1.29, 1.82) is 0 Å². The molecule has 0 spiro atoms. The molecule has 1 aromatic heterocycles. The molecule has 0 radical (unpaired) electrons. The van der Waals surface area contributed by atoms with E-state index in [1.54, 1.807) is 0 Å². The van der Waals surface area contributed by atoms with E-state index in [1.807, 2.05) is 24.3 Å². The summed E-state index contributed by atoms with van der Waals surface area (Å²) in [6.07, 6.45) is 1.53. The third-order valence-corrected chi connectivity index (χ3v) is 4.13. The Labute approximate surface area is 152 Å². The molecule has 2 N–H and O–H groups in total. The molecular weight excluding hydrogens is 328 g/mol. The molecule has 0 saturated heterocycles. The number of hydrogen-bond acceptors (Lipinski definition) is 6. The molecule has 26 heavy (non-hydrogen) atoms. The van der Waals surface area contributed by atoms with Gasteiger partial charge < -0.3 is 20.1 Å². The van der Waals surface area contributed by atoms with Gasteiger partial charge in [-0.05, 0) is 37.6 Å². The van der Waals surface area contributed by atoms with E-state index >= 15 is 0 Å². The Bertz CT molecular complexity index is 943. The van der Waals surface area contributed by atoms with Gasteiger partial charge in [0.2, 0.25) is 0 Å². The Morgan fingerprint density at radius 3 is 2.38 bits per heavy atom. The first-order valence-electron chi connectivity index (χ1n) is 8.50. The lowest BCUT2D eigenvalue weighted by Crippen LogP contribution is -2.15. The van der Waals surface area contributed by atoms with Crippen LogP contribution in [0, 0.1) is 13.8 Å². The van der Waals surface area contributed by atoms with Gasteiger partial charge in [0.05, 0.1) is 0 Å². The van der Waals surface area contributed by atoms with Crippen LogP contribution in [0.3, 0.4) is 0 Å². The highest BCUT2D eigenvalue weighted by Gasteiger charge is 2.12. The van der Waals surface area contributed by atoms with Crippen LogP contribution in [0.15, 0.2) is 48.8 Å². The van der Waals surface area contributed by atoms with Crippen molar-refractivity contribution in [2.75, 3.05) is 23.8 Å². The summed E-state index contributed by atoms with van der Waals surface area (Å²) in [5.74, 6) is 2.93. The first-order chi connectivity index (χ1) is 12.7. The minimum absolute atomic E-state index is 0.563. The number of aromatic nitrogens is 2. The molecule has 0 fully saturated rings. The fraction of sp³-hybridized carbons (Fsp3) is 0.200. The Balaban J connectivity index is 1.52. The smallest absolute Gasteiger partial charge is 0.163 e. The van der Waals surface area contributed by atoms with Crippen LogP contribution < -0.4 is 20.1 Å². The zero-order valence-electron chi connectivity index (χ0n) is 14.7. The number of hydrogen-bond donors (Lipinski definition) is 2. The van der Waals surface area contributed by atoms with Crippen LogP contribution in [0.4, 0.5) is 23.0 Å². The molecule has 2 heterocycles. The van der Waals surface area contributed by atoms with E-state index < -0.39 is 0 Å². The lowest BCUT2D eigenvalue weighted by Gasteiger charge is -2.19. The van der Waals surface area contributed by atoms with E-state index in [2.05, 4.69) is 52.6 Å². The fourth-order valence-corrected chi connectivity index (χ4v) is 2.85. The largest absolute Gasteiger partial charge is 0.486 e. The normalized spacial score (nSPS) is 12.5. The highest BCUT2D eigenvalue weighted by molar-refractivity contribution is 5.66. The predicted molar refractivity (Wildman–Crippen MR) is 102 cm³/mol. The van der Waals surface area contributed by atoms with Gasteiger partial charge in [-0.1, -0.05) is 17.7 Å². The number of ether oxygens (including phenoxy) is 2. The highest BCUT2D eigenvalue weighted by atomic mass is 16.6. The molecule has 3 aromatic rings. The Hall–Kier alpha value is -3.28. The van der Waals surface area contributed by atoms with E-state index in [4.69, 9.17) is 9.47 Å². The highest BCUT2D eigenvalue weighted by Crippen LogP contribution is 2.33. The summed E-state index contributed by atoms with van der Waals surface area (Å²) < 4.78 is 11.2. The average molecular weight is 348 g/mol. The van der Waals surface area contributed by atoms with Crippen molar-refractivity contribution in [2.45, 2.75) is 13.8 Å². The van der Waals surface area contributed by atoms with Crippen LogP contribution in [-0.4, -0.2) is 23.2 Å². The van der Waals surface area contributed by atoms with Crippen LogP contribution in [0.25, 0.3) is 0 Å². The van der Waals surface area contributed by atoms with E-state index in [1.165, 1.54) is 17.5 Å². The first kappa shape index (κ1) is 16.2. The van der Waals surface area contributed by atoms with Crippen molar-refractivity contribution in [3.8, 4) is 11.5 Å². The van der Waals surface area contributed by atoms with Gasteiger partial charge in [0, 0.05) is 23.5 Å². The molecular formula is C20H20N4O2. The van der Waals surface area contributed by atoms with E-state index in [9.17, 15) is 0 Å². The van der Waals surface area contributed by atoms with Gasteiger partial charge in [-0.2, -0.15) is 0 Å². The van der Waals surface area contributed by atoms with Crippen LogP contribution in [0.2, 0.25) is 0 Å². The predicted octanol–water partition coefficient (Wildman–Crippen LogP) is 4.35. The van der Waals surface area contributed by atoms with Crippen molar-refractivity contribution in [1.82, 2.24) is 9.97 Å². The molecule has 132 valence electrons. The molecule has 0 saturated carbocycles. The van der Waals surface area contributed by atoms with Crippen LogP contribution in [0.1, 0.15) is 11.1 Å². The van der Waals surface area contributed by atoms with Crippen molar-refractivity contribution < 1.29 is 9.47 Å². The molecule has 0 amide bonds. The van der Waals surface area contributed by atoms with Crippen LogP contribution in [-0.2, 0) is 0 Å². The van der Waals surface area contributed by atoms with E-state index in [0.717, 1.165) is 28.7 Å². The maximum Gasteiger partial charge on any atom is 0.163 e. The van der Waals surface area contributed by atoms with E-state index in [0.29, 0.717) is 19.0 Å². The summed E-state index contributed by atoms with van der Waals surface area (Å²) in [6, 6.07) is 13.9. The molecule has 1 aliphatic rings. The molecule has 1 aliphatic heterocycles. The summed E-state index contributed by atoms with van der Waals surface area (Å²) in [5.41, 5.74) is 4.31. The zero-order chi connectivity index (χ0) is 17.9. The number of aryl methyl sites for hydroxylation is 2. The zero-order valence-corrected chi connectivity index (χ0v) is 14.7. The summed E-state index contributed by atoms with van der Waals surface area (Å²) in [4.78, 5) is 8.59. The van der Waals surface area contributed by atoms with Crippen molar-refractivity contribution in [2.24, 2.45) is 0 Å². The van der Waals surface area contributed by atoms with Crippen molar-refractivity contribution in [3.05, 3.63) is 59.9 Å². The summed E-state index contributed by atoms with van der Waals surface area (Å²) in [7, 11) is 0. The topological polar surface area (TPSA) is 68.3 Å². The van der Waals surface area contributed by atoms with Crippen molar-refractivity contribution in [3.63, 3.8) is 0 Å². The number of nitrogens with one attached hydrogen (secondary N) is 2. The maximum atomic E-state index is 5.62. The first-order valence-corrected chi connectivity index (χ1v) is 8.50. The van der Waals surface area contributed by atoms with Crippen molar-refractivity contribution >= 4 is 23.0 Å². The lowest BCUT2D eigenvalue weighted by atomic mass is 10.1. The van der Waals surface area contributed by atoms with Gasteiger partial charge in [-0.3, -0.25) is 0 Å². The lowest BCUT2D eigenvalue weighted by molar-refractivity contribution is 0.171.